The summed E-state index contributed by atoms with van der Waals surface area (Å²) in [5, 5.41) is 0. The highest BCUT2D eigenvalue weighted by Gasteiger charge is 2.01. The van der Waals surface area contributed by atoms with Crippen LogP contribution in [0.25, 0.3) is 0 Å². The molecule has 0 amide bonds. The van der Waals surface area contributed by atoms with Crippen LogP contribution in [-0.2, 0) is 4.74 Å². The fourth-order valence-corrected chi connectivity index (χ4v) is 1.55. The third-order valence-corrected chi connectivity index (χ3v) is 2.18. The highest BCUT2D eigenvalue weighted by molar-refractivity contribution is 9.10. The topological polar surface area (TPSA) is 31.4 Å². The summed E-state index contributed by atoms with van der Waals surface area (Å²) < 4.78 is 11.4. The summed E-state index contributed by atoms with van der Waals surface area (Å²) >= 11 is 3.39. The number of hydrogen-bond acceptors (Lipinski definition) is 3. The van der Waals surface area contributed by atoms with Crippen molar-refractivity contribution < 1.29 is 9.47 Å². The summed E-state index contributed by atoms with van der Waals surface area (Å²) in [5.74, 6) is 0.621. The highest BCUT2D eigenvalue weighted by atomic mass is 79.9. The van der Waals surface area contributed by atoms with E-state index < -0.39 is 0 Å². The summed E-state index contributed by atoms with van der Waals surface area (Å²) in [7, 11) is 0. The van der Waals surface area contributed by atoms with Gasteiger partial charge >= 0.3 is 0 Å². The maximum Gasteiger partial charge on any atom is 0.228 e. The molecular weight excluding hydrogens is 246 g/mol. The molecule has 0 N–H and O–H groups in total. The van der Waals surface area contributed by atoms with Crippen LogP contribution < -0.4 is 4.74 Å². The Morgan fingerprint density at radius 3 is 2.86 bits per heavy atom. The van der Waals surface area contributed by atoms with Gasteiger partial charge in [0.25, 0.3) is 0 Å². The predicted octanol–water partition coefficient (Wildman–Crippen LogP) is 2.57. The molecule has 0 spiro atoms. The van der Waals surface area contributed by atoms with Crippen molar-refractivity contribution >= 4 is 15.9 Å². The first kappa shape index (κ1) is 11.5. The molecule has 0 radical (unpaired) electrons. The quantitative estimate of drug-likeness (QED) is 0.762. The van der Waals surface area contributed by atoms with Crippen LogP contribution in [0, 0.1) is 6.92 Å². The standard InChI is InChI=1S/C10H14BrNO2/c1-3-13-4-5-14-10-9(11)6-8(2)7-12-10/h6-7H,3-5H2,1-2H3. The first-order valence-electron chi connectivity index (χ1n) is 4.56. The van der Waals surface area contributed by atoms with Crippen LogP contribution in [0.4, 0.5) is 0 Å². The number of ether oxygens (including phenoxy) is 2. The van der Waals surface area contributed by atoms with Crippen molar-refractivity contribution in [1.82, 2.24) is 4.98 Å². The van der Waals surface area contributed by atoms with Crippen LogP contribution in [0.2, 0.25) is 0 Å². The summed E-state index contributed by atoms with van der Waals surface area (Å²) in [6.45, 7) is 5.79. The van der Waals surface area contributed by atoms with Crippen molar-refractivity contribution in [3.05, 3.63) is 22.3 Å². The fourth-order valence-electron chi connectivity index (χ4n) is 0.969. The first-order valence-corrected chi connectivity index (χ1v) is 5.36. The summed E-state index contributed by atoms with van der Waals surface area (Å²) in [6, 6.07) is 1.98. The Bertz CT molecular complexity index is 291. The van der Waals surface area contributed by atoms with E-state index >= 15 is 0 Å². The molecule has 1 aromatic rings. The van der Waals surface area contributed by atoms with Gasteiger partial charge in [-0.25, -0.2) is 4.98 Å². The van der Waals surface area contributed by atoms with Gasteiger partial charge in [0.2, 0.25) is 5.88 Å². The minimum atomic E-state index is 0.530. The van der Waals surface area contributed by atoms with Gasteiger partial charge in [-0.2, -0.15) is 0 Å². The van der Waals surface area contributed by atoms with E-state index in [4.69, 9.17) is 9.47 Å². The fraction of sp³-hybridized carbons (Fsp3) is 0.500. The molecule has 0 saturated carbocycles. The number of halogens is 1. The molecule has 0 unspecified atom stereocenters. The van der Waals surface area contributed by atoms with Gasteiger partial charge in [0.1, 0.15) is 6.61 Å². The SMILES string of the molecule is CCOCCOc1ncc(C)cc1Br. The molecule has 0 aliphatic rings. The summed E-state index contributed by atoms with van der Waals surface area (Å²) in [5.41, 5.74) is 1.11. The lowest BCUT2D eigenvalue weighted by atomic mass is 10.3. The average molecular weight is 260 g/mol. The van der Waals surface area contributed by atoms with Crippen molar-refractivity contribution in [2.75, 3.05) is 19.8 Å². The largest absolute Gasteiger partial charge is 0.474 e. The molecule has 78 valence electrons. The lowest BCUT2D eigenvalue weighted by molar-refractivity contribution is 0.108. The summed E-state index contributed by atoms with van der Waals surface area (Å²) in [4.78, 5) is 4.15. The Kier molecular flexibility index (Phi) is 4.90. The van der Waals surface area contributed by atoms with Gasteiger partial charge in [-0.05, 0) is 41.4 Å². The number of pyridine rings is 1. The number of nitrogens with zero attached hydrogens (tertiary/aromatic N) is 1. The van der Waals surface area contributed by atoms with Crippen molar-refractivity contribution in [3.63, 3.8) is 0 Å². The molecule has 4 heteroatoms. The average Bonchev–Trinajstić information content (AvgIpc) is 2.15. The summed E-state index contributed by atoms with van der Waals surface area (Å²) in [6.07, 6.45) is 1.78. The second kappa shape index (κ2) is 5.98. The van der Waals surface area contributed by atoms with Crippen LogP contribution >= 0.6 is 15.9 Å². The molecule has 1 heterocycles. The van der Waals surface area contributed by atoms with Crippen LogP contribution in [0.1, 0.15) is 12.5 Å². The van der Waals surface area contributed by atoms with Crippen molar-refractivity contribution in [3.8, 4) is 5.88 Å². The molecule has 3 nitrogen and oxygen atoms in total. The molecule has 0 atom stereocenters. The molecule has 0 aliphatic carbocycles. The van der Waals surface area contributed by atoms with E-state index in [1.54, 1.807) is 6.20 Å². The molecule has 1 rings (SSSR count). The molecule has 0 aliphatic heterocycles. The lowest BCUT2D eigenvalue weighted by Crippen LogP contribution is -2.07. The van der Waals surface area contributed by atoms with Crippen LogP contribution in [-0.4, -0.2) is 24.8 Å². The van der Waals surface area contributed by atoms with Gasteiger partial charge in [-0.1, -0.05) is 0 Å². The second-order valence-corrected chi connectivity index (χ2v) is 3.70. The molecule has 1 aromatic heterocycles. The van der Waals surface area contributed by atoms with Crippen LogP contribution in [0.5, 0.6) is 5.88 Å². The monoisotopic (exact) mass is 259 g/mol. The minimum Gasteiger partial charge on any atom is -0.474 e. The van der Waals surface area contributed by atoms with E-state index in [0.717, 1.165) is 10.0 Å². The molecule has 0 bridgehead atoms. The molecular formula is C10H14BrNO2. The van der Waals surface area contributed by atoms with Crippen LogP contribution in [0.3, 0.4) is 0 Å². The maximum atomic E-state index is 5.41. The Balaban J connectivity index is 2.42. The first-order chi connectivity index (χ1) is 6.74. The zero-order chi connectivity index (χ0) is 10.4. The van der Waals surface area contributed by atoms with E-state index in [1.165, 1.54) is 0 Å². The third kappa shape index (κ3) is 3.64. The normalized spacial score (nSPS) is 10.2. The van der Waals surface area contributed by atoms with Gasteiger partial charge in [-0.15, -0.1) is 0 Å². The van der Waals surface area contributed by atoms with Gasteiger partial charge in [0.05, 0.1) is 11.1 Å². The van der Waals surface area contributed by atoms with E-state index in [2.05, 4.69) is 20.9 Å². The molecule has 14 heavy (non-hydrogen) atoms. The number of aryl methyl sites for hydroxylation is 1. The zero-order valence-electron chi connectivity index (χ0n) is 8.42. The number of aromatic nitrogens is 1. The van der Waals surface area contributed by atoms with E-state index in [-0.39, 0.29) is 0 Å². The Morgan fingerprint density at radius 2 is 2.21 bits per heavy atom. The Morgan fingerprint density at radius 1 is 1.43 bits per heavy atom. The van der Waals surface area contributed by atoms with E-state index in [1.807, 2.05) is 19.9 Å². The zero-order valence-corrected chi connectivity index (χ0v) is 10.0. The Hall–Kier alpha value is -0.610. The number of hydrogen-bond donors (Lipinski definition) is 0. The van der Waals surface area contributed by atoms with Crippen LogP contribution in [0.15, 0.2) is 16.7 Å². The van der Waals surface area contributed by atoms with E-state index in [0.29, 0.717) is 25.7 Å². The van der Waals surface area contributed by atoms with Gasteiger partial charge in [0, 0.05) is 12.8 Å². The number of rotatable bonds is 5. The van der Waals surface area contributed by atoms with Crippen molar-refractivity contribution in [2.45, 2.75) is 13.8 Å². The van der Waals surface area contributed by atoms with Gasteiger partial charge < -0.3 is 9.47 Å². The van der Waals surface area contributed by atoms with Crippen molar-refractivity contribution in [2.24, 2.45) is 0 Å². The predicted molar refractivity (Wildman–Crippen MR) is 58.7 cm³/mol. The lowest BCUT2D eigenvalue weighted by Gasteiger charge is -2.07. The van der Waals surface area contributed by atoms with E-state index in [9.17, 15) is 0 Å². The molecule has 0 saturated heterocycles. The third-order valence-electron chi connectivity index (χ3n) is 1.61. The van der Waals surface area contributed by atoms with Crippen molar-refractivity contribution in [1.29, 1.82) is 0 Å². The Labute approximate surface area is 92.6 Å². The highest BCUT2D eigenvalue weighted by Crippen LogP contribution is 2.22. The maximum absolute atomic E-state index is 5.41. The van der Waals surface area contributed by atoms with Gasteiger partial charge in [-0.3, -0.25) is 0 Å². The second-order valence-electron chi connectivity index (χ2n) is 2.85. The molecule has 0 fully saturated rings. The van der Waals surface area contributed by atoms with Gasteiger partial charge in [0.15, 0.2) is 0 Å². The molecule has 0 aromatic carbocycles. The smallest absolute Gasteiger partial charge is 0.228 e. The minimum absolute atomic E-state index is 0.530.